The Kier molecular flexibility index (Phi) is 20.0. The second-order valence-corrected chi connectivity index (χ2v) is 20.4. The number of nitrogens with zero attached hydrogens (tertiary/aromatic N) is 2. The molecule has 0 saturated carbocycles. The lowest BCUT2D eigenvalue weighted by Gasteiger charge is -2.30. The first-order valence-electron chi connectivity index (χ1n) is 27.0. The molecule has 6 aromatic rings. The van der Waals surface area contributed by atoms with Gasteiger partial charge in [0.25, 0.3) is 0 Å². The highest BCUT2D eigenvalue weighted by Gasteiger charge is 2.44. The van der Waals surface area contributed by atoms with Gasteiger partial charge >= 0.3 is 5.97 Å². The molecule has 83 heavy (non-hydrogen) atoms. The number of nitrogens with one attached hydrogen (secondary N) is 9. The summed E-state index contributed by atoms with van der Waals surface area (Å²) in [5.41, 5.74) is 8.25. The van der Waals surface area contributed by atoms with Gasteiger partial charge in [-0.25, -0.2) is 13.8 Å². The topological polar surface area (TPSA) is 365 Å². The van der Waals surface area contributed by atoms with E-state index in [-0.39, 0.29) is 56.6 Å². The summed E-state index contributed by atoms with van der Waals surface area (Å²) in [6, 6.07) is 3.94. The largest absolute Gasteiger partial charge is 0.508 e. The number of imidazole rings is 1. The number of benzene rings is 3. The lowest BCUT2D eigenvalue weighted by atomic mass is 10.0. The molecule has 0 spiro atoms. The number of aromatic nitrogens is 4. The first-order valence-corrected chi connectivity index (χ1v) is 27.0. The number of aromatic hydroxyl groups is 1. The van der Waals surface area contributed by atoms with E-state index in [1.165, 1.54) is 90.5 Å². The zero-order chi connectivity index (χ0) is 59.2. The highest BCUT2D eigenvalue weighted by atomic mass is 19.1. The van der Waals surface area contributed by atoms with E-state index in [0.29, 0.717) is 64.3 Å². The third kappa shape index (κ3) is 16.1. The van der Waals surface area contributed by atoms with Gasteiger partial charge in [0.15, 0.2) is 0 Å². The van der Waals surface area contributed by atoms with Crippen molar-refractivity contribution in [1.82, 2.24) is 56.7 Å². The summed E-state index contributed by atoms with van der Waals surface area (Å²) >= 11 is 0. The third-order valence-electron chi connectivity index (χ3n) is 14.4. The van der Waals surface area contributed by atoms with Crippen LogP contribution in [0, 0.1) is 11.6 Å². The number of amides is 8. The lowest BCUT2D eigenvalue weighted by molar-refractivity contribution is -0.143. The molecule has 26 heteroatoms. The van der Waals surface area contributed by atoms with E-state index >= 15 is 0 Å². The predicted molar refractivity (Wildman–Crippen MR) is 294 cm³/mol. The number of carboxylic acids is 1. The lowest BCUT2D eigenvalue weighted by Crippen LogP contribution is -2.61. The molecule has 3 aromatic carbocycles. The van der Waals surface area contributed by atoms with Crippen molar-refractivity contribution in [1.29, 1.82) is 0 Å². The number of halogens is 2. The molecule has 0 aliphatic carbocycles. The zero-order valence-electron chi connectivity index (χ0n) is 44.9. The quantitative estimate of drug-likeness (QED) is 0.0822. The van der Waals surface area contributed by atoms with Crippen molar-refractivity contribution in [3.8, 4) is 5.75 Å². The van der Waals surface area contributed by atoms with E-state index < -0.39 is 127 Å². The monoisotopic (exact) mass is 1150 g/mol. The molecule has 2 aliphatic heterocycles. The molecule has 5 heterocycles. The maximum atomic E-state index is 14.8. The van der Waals surface area contributed by atoms with E-state index in [9.17, 15) is 62.1 Å². The van der Waals surface area contributed by atoms with Crippen molar-refractivity contribution < 1.29 is 66.9 Å². The molecule has 7 atom stereocenters. The summed E-state index contributed by atoms with van der Waals surface area (Å²) in [4.78, 5) is 140. The molecule has 2 aliphatic rings. The van der Waals surface area contributed by atoms with Crippen molar-refractivity contribution in [3.05, 3.63) is 132 Å². The van der Waals surface area contributed by atoms with E-state index in [4.69, 9.17) is 10.5 Å². The number of allylic oxidation sites excluding steroid dienone is 1. The Bertz CT molecular complexity index is 3370. The number of phenols is 1. The Morgan fingerprint density at radius 2 is 1.27 bits per heavy atom. The second kappa shape index (κ2) is 27.8. The summed E-state index contributed by atoms with van der Waals surface area (Å²) < 4.78 is 35.4. The fourth-order valence-corrected chi connectivity index (χ4v) is 10.2. The molecule has 3 aromatic heterocycles. The van der Waals surface area contributed by atoms with Crippen LogP contribution in [0.25, 0.3) is 21.8 Å². The fourth-order valence-electron chi connectivity index (χ4n) is 10.2. The molecular formula is C57H64F2N12O12. The second-order valence-electron chi connectivity index (χ2n) is 20.4. The average molecular weight is 1150 g/mol. The molecule has 8 amide bonds. The maximum absolute atomic E-state index is 14.8. The molecule has 0 radical (unpaired) electrons. The van der Waals surface area contributed by atoms with Gasteiger partial charge in [0.2, 0.25) is 47.3 Å². The van der Waals surface area contributed by atoms with Crippen molar-refractivity contribution in [2.75, 3.05) is 19.7 Å². The Labute approximate surface area is 473 Å². The molecule has 8 rings (SSSR count). The van der Waals surface area contributed by atoms with Crippen molar-refractivity contribution in [2.24, 2.45) is 5.73 Å². The van der Waals surface area contributed by atoms with Crippen molar-refractivity contribution >= 4 is 75.0 Å². The van der Waals surface area contributed by atoms with Crippen LogP contribution in [-0.2, 0) is 73.6 Å². The van der Waals surface area contributed by atoms with Crippen LogP contribution < -0.4 is 37.6 Å². The van der Waals surface area contributed by atoms with Gasteiger partial charge in [0.1, 0.15) is 53.6 Å². The van der Waals surface area contributed by atoms with Gasteiger partial charge in [-0.15, -0.1) is 0 Å². The van der Waals surface area contributed by atoms with Crippen LogP contribution in [0.5, 0.6) is 5.75 Å². The fraction of sp³-hybridized carbons (Fsp3) is 0.368. The van der Waals surface area contributed by atoms with Crippen LogP contribution >= 0.6 is 0 Å². The normalized spacial score (nSPS) is 23.0. The highest BCUT2D eigenvalue weighted by Crippen LogP contribution is 2.26. The van der Waals surface area contributed by atoms with Crippen LogP contribution in [0.4, 0.5) is 8.78 Å². The Balaban J connectivity index is 1.13. The number of phenolic OH excluding ortho intramolecular Hbond substituents is 1. The number of hydrogen-bond donors (Lipinski definition) is 12. The van der Waals surface area contributed by atoms with Crippen LogP contribution in [0.1, 0.15) is 67.3 Å². The van der Waals surface area contributed by atoms with Crippen LogP contribution in [0.15, 0.2) is 97.7 Å². The van der Waals surface area contributed by atoms with E-state index in [2.05, 4.69) is 51.8 Å². The maximum Gasteiger partial charge on any atom is 0.305 e. The van der Waals surface area contributed by atoms with Gasteiger partial charge in [0, 0.05) is 84.7 Å². The Morgan fingerprint density at radius 1 is 0.675 bits per heavy atom. The minimum Gasteiger partial charge on any atom is -0.508 e. The molecule has 1 saturated heterocycles. The molecule has 1 fully saturated rings. The zero-order valence-corrected chi connectivity index (χ0v) is 44.9. The molecule has 2 bridgehead atoms. The predicted octanol–water partition coefficient (Wildman–Crippen LogP) is 1.63. The minimum atomic E-state index is -1.98. The molecule has 438 valence electrons. The van der Waals surface area contributed by atoms with Crippen LogP contribution in [0.2, 0.25) is 0 Å². The summed E-state index contributed by atoms with van der Waals surface area (Å²) in [6.45, 7) is -0.509. The number of rotatable bonds is 11. The molecule has 24 nitrogen and oxygen atoms in total. The standard InChI is InChI=1S/C57H64F2N12O12/c58-34-10-14-40-38(22-34)32(26-62-40)20-42-53(78)67-43(21-33-27-63-41-15-11-35(59)23-39(33)41)54(79)69-45(25-50(75)76)56(81)68-44(24-36-28-61-30-65-36)55(80)70-46(19-31-8-12-37(72)13-9-31)57(82)71-17-16-47(51(71)52(60)77)83-18-6-4-2-1-3-5-7-48(73)64-29-49(74)66-42/h4,6,8-15,22-23,26-28,30,42-47,51,62-63,72H,1-3,5,7,16-21,24-25,29H2,(H2,60,77)(H,61,65)(H,64,73)(H,66,74)(H,67,78)(H,68,81)(H,69,79)(H,70,80)(H,75,76)/b6-4-/t42-,43-,44-,45-,46-,47+,51-/m0/s1. The number of carboxylic acid groups (broad SMARTS) is 1. The van der Waals surface area contributed by atoms with E-state index in [0.717, 1.165) is 0 Å². The first-order chi connectivity index (χ1) is 39.9. The van der Waals surface area contributed by atoms with Crippen LogP contribution in [-0.4, -0.2) is 150 Å². The molecular weight excluding hydrogens is 1080 g/mol. The number of H-pyrrole nitrogens is 3. The third-order valence-corrected chi connectivity index (χ3v) is 14.4. The molecule has 13 N–H and O–H groups in total. The van der Waals surface area contributed by atoms with Gasteiger partial charge in [0.05, 0.1) is 32.0 Å². The average Bonchev–Trinajstić information content (AvgIpc) is 4.44. The van der Waals surface area contributed by atoms with Crippen molar-refractivity contribution in [2.45, 2.75) is 113 Å². The van der Waals surface area contributed by atoms with Gasteiger partial charge < -0.3 is 72.4 Å². The summed E-state index contributed by atoms with van der Waals surface area (Å²) in [6.07, 6.45) is 8.72. The number of ether oxygens (including phenoxy) is 1. The summed E-state index contributed by atoms with van der Waals surface area (Å²) in [7, 11) is 0. The Morgan fingerprint density at radius 3 is 1.87 bits per heavy atom. The van der Waals surface area contributed by atoms with Gasteiger partial charge in [-0.1, -0.05) is 30.7 Å². The smallest absolute Gasteiger partial charge is 0.305 e. The van der Waals surface area contributed by atoms with Gasteiger partial charge in [-0.3, -0.25) is 43.2 Å². The first kappa shape index (κ1) is 59.7. The molecule has 0 unspecified atom stereocenters. The van der Waals surface area contributed by atoms with Crippen molar-refractivity contribution in [3.63, 3.8) is 0 Å². The minimum absolute atomic E-state index is 0.00346. The van der Waals surface area contributed by atoms with E-state index in [1.54, 1.807) is 6.08 Å². The number of aromatic amines is 3. The van der Waals surface area contributed by atoms with E-state index in [1.807, 2.05) is 6.08 Å². The number of fused-ring (bicyclic) bond motifs is 4. The number of carbonyl (C=O) groups is 9. The SMILES string of the molecule is NC(=O)[C@@H]1[C@H]2CCN1C(=O)[C@H](Cc1ccc(O)cc1)NC(=O)[C@H](Cc1cnc[nH]1)NC(=O)[C@H](CC(=O)O)NC(=O)[C@H](Cc1c[nH]c3ccc(F)cc13)NC(=O)[C@H](Cc1c[nH]c3ccc(F)cc13)NC(=O)CNC(=O)CCCCC/C=C\CO2. The Hall–Kier alpha value is -9.46. The number of carbonyl (C=O) groups excluding carboxylic acids is 8. The number of primary amides is 1. The van der Waals surface area contributed by atoms with Crippen LogP contribution in [0.3, 0.4) is 0 Å². The summed E-state index contributed by atoms with van der Waals surface area (Å²) in [5.74, 6) is -10.1. The number of aliphatic carboxylic acids is 1. The highest BCUT2D eigenvalue weighted by molar-refractivity contribution is 5.99. The number of hydrogen-bond acceptors (Lipinski definition) is 12. The van der Waals surface area contributed by atoms with Gasteiger partial charge in [-0.2, -0.15) is 0 Å². The van der Waals surface area contributed by atoms with Gasteiger partial charge in [-0.05, 0) is 90.9 Å². The number of nitrogens with two attached hydrogens (primary N) is 1. The summed E-state index contributed by atoms with van der Waals surface area (Å²) in [5, 5.41) is 36.3.